The number of rotatable bonds is 9. The van der Waals surface area contributed by atoms with E-state index in [9.17, 15) is 17.6 Å². The molecule has 5 rings (SSSR count). The largest absolute Gasteiger partial charge is 0.306 e. The van der Waals surface area contributed by atoms with Crippen molar-refractivity contribution in [2.75, 3.05) is 4.90 Å². The number of carbonyl (C=O) groups excluding carboxylic acids is 1. The van der Waals surface area contributed by atoms with Crippen LogP contribution < -0.4 is 9.62 Å². The highest BCUT2D eigenvalue weighted by molar-refractivity contribution is 7.89. The number of nitrogens with zero attached hydrogens (tertiary/aromatic N) is 2. The van der Waals surface area contributed by atoms with Gasteiger partial charge in [0.2, 0.25) is 15.9 Å². The fourth-order valence-electron chi connectivity index (χ4n) is 5.42. The zero-order valence-electron chi connectivity index (χ0n) is 23.6. The molecule has 0 fully saturated rings. The van der Waals surface area contributed by atoms with Gasteiger partial charge in [0.25, 0.3) is 0 Å². The van der Waals surface area contributed by atoms with E-state index in [0.29, 0.717) is 18.5 Å². The van der Waals surface area contributed by atoms with Crippen molar-refractivity contribution >= 4 is 33.2 Å². The van der Waals surface area contributed by atoms with Crippen molar-refractivity contribution in [3.63, 3.8) is 0 Å². The molecular formula is C33H33ClFN3O3S. The van der Waals surface area contributed by atoms with Crippen molar-refractivity contribution in [1.29, 1.82) is 0 Å². The van der Waals surface area contributed by atoms with Crippen LogP contribution in [0.2, 0.25) is 5.02 Å². The number of sulfonamides is 1. The number of aryl methyl sites for hydroxylation is 2. The Balaban J connectivity index is 1.47. The van der Waals surface area contributed by atoms with Gasteiger partial charge < -0.3 is 4.90 Å². The summed E-state index contributed by atoms with van der Waals surface area (Å²) >= 11 is 5.87. The average molecular weight is 606 g/mol. The van der Waals surface area contributed by atoms with Crippen molar-refractivity contribution < 1.29 is 17.6 Å². The SMILES string of the molecule is Cc1cccc(CN(C(=O)C[C@@H](C)c2ccccc2)c2ccc3c(c2)[C@@H](NS(=O)(=O)c2ccc(F)c(Cl)c2)CCC3)n1. The lowest BCUT2D eigenvalue weighted by molar-refractivity contribution is -0.119. The first-order chi connectivity index (χ1) is 20.1. The third-order valence-corrected chi connectivity index (χ3v) is 9.43. The summed E-state index contributed by atoms with van der Waals surface area (Å²) in [4.78, 5) is 20.2. The van der Waals surface area contributed by atoms with Gasteiger partial charge in [-0.3, -0.25) is 9.78 Å². The molecule has 4 aromatic rings. The van der Waals surface area contributed by atoms with Gasteiger partial charge in [-0.05, 0) is 91.3 Å². The molecule has 1 aliphatic carbocycles. The van der Waals surface area contributed by atoms with Gasteiger partial charge in [0.15, 0.2) is 0 Å². The molecule has 0 saturated carbocycles. The number of carbonyl (C=O) groups is 1. The summed E-state index contributed by atoms with van der Waals surface area (Å²) in [6.45, 7) is 4.23. The number of halogens is 2. The average Bonchev–Trinajstić information content (AvgIpc) is 2.97. The highest BCUT2D eigenvalue weighted by Gasteiger charge is 2.28. The molecule has 1 heterocycles. The Morgan fingerprint density at radius 3 is 2.60 bits per heavy atom. The van der Waals surface area contributed by atoms with Crippen LogP contribution in [0.1, 0.15) is 66.2 Å². The molecule has 9 heteroatoms. The topological polar surface area (TPSA) is 79.4 Å². The van der Waals surface area contributed by atoms with Gasteiger partial charge in [-0.15, -0.1) is 0 Å². The molecule has 1 aromatic heterocycles. The summed E-state index contributed by atoms with van der Waals surface area (Å²) in [5.41, 5.74) is 5.23. The van der Waals surface area contributed by atoms with Gasteiger partial charge in [0, 0.05) is 23.8 Å². The maximum absolute atomic E-state index is 13.9. The Labute approximate surface area is 251 Å². The molecule has 1 amide bonds. The molecule has 1 aliphatic rings. The van der Waals surface area contributed by atoms with E-state index in [4.69, 9.17) is 11.6 Å². The molecule has 0 spiro atoms. The number of anilines is 1. The number of aromatic nitrogens is 1. The summed E-state index contributed by atoms with van der Waals surface area (Å²) in [6.07, 6.45) is 2.49. The minimum atomic E-state index is -3.98. The molecule has 0 aliphatic heterocycles. The standard InChI is InChI=1S/C33H33ClFN3O3S/c1-22(24-9-4-3-5-10-24)18-33(39)38(21-26-12-6-8-23(2)36-26)27-15-14-25-11-7-13-32(29(25)19-27)37-42(40,41)28-16-17-31(35)30(34)20-28/h3-6,8-10,12,14-17,19-20,22,32,37H,7,11,13,18,21H2,1-2H3/t22-,32+/m1/s1. The molecule has 6 nitrogen and oxygen atoms in total. The minimum Gasteiger partial charge on any atom is -0.306 e. The van der Waals surface area contributed by atoms with Crippen molar-refractivity contribution in [2.24, 2.45) is 0 Å². The zero-order valence-corrected chi connectivity index (χ0v) is 25.1. The van der Waals surface area contributed by atoms with Crippen LogP contribution >= 0.6 is 11.6 Å². The van der Waals surface area contributed by atoms with E-state index >= 15 is 0 Å². The van der Waals surface area contributed by atoms with Crippen LogP contribution in [-0.2, 0) is 27.8 Å². The number of pyridine rings is 1. The lowest BCUT2D eigenvalue weighted by Crippen LogP contribution is -2.33. The predicted molar refractivity (Wildman–Crippen MR) is 163 cm³/mol. The number of hydrogen-bond donors (Lipinski definition) is 1. The van der Waals surface area contributed by atoms with Gasteiger partial charge in [-0.2, -0.15) is 0 Å². The third kappa shape index (κ3) is 6.89. The number of amides is 1. The van der Waals surface area contributed by atoms with Crippen LogP contribution in [0.25, 0.3) is 0 Å². The molecule has 2 atom stereocenters. The van der Waals surface area contributed by atoms with E-state index in [0.717, 1.165) is 53.1 Å². The van der Waals surface area contributed by atoms with Crippen LogP contribution in [0.15, 0.2) is 89.8 Å². The van der Waals surface area contributed by atoms with Gasteiger partial charge in [0.1, 0.15) is 5.82 Å². The first-order valence-electron chi connectivity index (χ1n) is 14.0. The molecule has 0 saturated heterocycles. The summed E-state index contributed by atoms with van der Waals surface area (Å²) in [7, 11) is -3.98. The Bertz CT molecular complexity index is 1700. The number of benzene rings is 3. The normalized spacial score (nSPS) is 15.6. The van der Waals surface area contributed by atoms with Gasteiger partial charge >= 0.3 is 0 Å². The van der Waals surface area contributed by atoms with Gasteiger partial charge in [-0.25, -0.2) is 17.5 Å². The molecular weight excluding hydrogens is 573 g/mol. The molecule has 3 aromatic carbocycles. The smallest absolute Gasteiger partial charge is 0.241 e. The lowest BCUT2D eigenvalue weighted by Gasteiger charge is -2.30. The van der Waals surface area contributed by atoms with E-state index in [1.165, 1.54) is 6.07 Å². The summed E-state index contributed by atoms with van der Waals surface area (Å²) in [6, 6.07) is 24.3. The Morgan fingerprint density at radius 1 is 1.07 bits per heavy atom. The van der Waals surface area contributed by atoms with E-state index in [1.807, 2.05) is 80.6 Å². The summed E-state index contributed by atoms with van der Waals surface area (Å²) < 4.78 is 43.0. The van der Waals surface area contributed by atoms with Crippen molar-refractivity contribution in [3.05, 3.63) is 124 Å². The number of nitrogens with one attached hydrogen (secondary N) is 1. The Hall–Kier alpha value is -3.59. The van der Waals surface area contributed by atoms with E-state index in [-0.39, 0.29) is 28.3 Å². The monoisotopic (exact) mass is 605 g/mol. The predicted octanol–water partition coefficient (Wildman–Crippen LogP) is 7.27. The Morgan fingerprint density at radius 2 is 1.86 bits per heavy atom. The number of hydrogen-bond acceptors (Lipinski definition) is 4. The highest BCUT2D eigenvalue weighted by Crippen LogP contribution is 2.35. The zero-order chi connectivity index (χ0) is 29.9. The maximum atomic E-state index is 13.9. The minimum absolute atomic E-state index is 0.00591. The van der Waals surface area contributed by atoms with Crippen molar-refractivity contribution in [3.8, 4) is 0 Å². The quantitative estimate of drug-likeness (QED) is 0.218. The van der Waals surface area contributed by atoms with Crippen LogP contribution in [-0.4, -0.2) is 19.3 Å². The van der Waals surface area contributed by atoms with E-state index in [2.05, 4.69) is 9.71 Å². The molecule has 0 bridgehead atoms. The molecule has 42 heavy (non-hydrogen) atoms. The van der Waals surface area contributed by atoms with Crippen LogP contribution in [0.4, 0.5) is 10.1 Å². The first kappa shape index (κ1) is 29.9. The lowest BCUT2D eigenvalue weighted by atomic mass is 9.87. The van der Waals surface area contributed by atoms with Crippen molar-refractivity contribution in [1.82, 2.24) is 9.71 Å². The van der Waals surface area contributed by atoms with Crippen molar-refractivity contribution in [2.45, 2.75) is 62.9 Å². The van der Waals surface area contributed by atoms with Crippen LogP contribution in [0.3, 0.4) is 0 Å². The highest BCUT2D eigenvalue weighted by atomic mass is 35.5. The van der Waals surface area contributed by atoms with E-state index < -0.39 is 21.9 Å². The fraction of sp³-hybridized carbons (Fsp3) is 0.273. The second-order valence-corrected chi connectivity index (χ2v) is 12.9. The van der Waals surface area contributed by atoms with Gasteiger partial charge in [-0.1, -0.05) is 61.0 Å². The molecule has 0 radical (unpaired) electrons. The summed E-state index contributed by atoms with van der Waals surface area (Å²) in [5.74, 6) is -0.729. The molecule has 0 unspecified atom stereocenters. The maximum Gasteiger partial charge on any atom is 0.241 e. The number of fused-ring (bicyclic) bond motifs is 1. The molecule has 1 N–H and O–H groups in total. The molecule has 218 valence electrons. The Kier molecular flexibility index (Phi) is 9.06. The van der Waals surface area contributed by atoms with Crippen LogP contribution in [0, 0.1) is 12.7 Å². The van der Waals surface area contributed by atoms with E-state index in [1.54, 1.807) is 4.90 Å². The first-order valence-corrected chi connectivity index (χ1v) is 15.8. The van der Waals surface area contributed by atoms with Crippen LogP contribution in [0.5, 0.6) is 0 Å². The second kappa shape index (κ2) is 12.7. The second-order valence-electron chi connectivity index (χ2n) is 10.8. The third-order valence-electron chi connectivity index (χ3n) is 7.67. The summed E-state index contributed by atoms with van der Waals surface area (Å²) in [5, 5.41) is -0.257. The van der Waals surface area contributed by atoms with Gasteiger partial charge in [0.05, 0.1) is 22.2 Å². The fourth-order valence-corrected chi connectivity index (χ4v) is 6.94.